The predicted molar refractivity (Wildman–Crippen MR) is 95.2 cm³/mol. The second kappa shape index (κ2) is 8.37. The van der Waals surface area contributed by atoms with Gasteiger partial charge in [0.2, 0.25) is 17.6 Å². The first-order valence-electron chi connectivity index (χ1n) is 8.62. The van der Waals surface area contributed by atoms with Crippen LogP contribution in [0.25, 0.3) is 11.4 Å². The minimum atomic E-state index is -0.0259. The summed E-state index contributed by atoms with van der Waals surface area (Å²) >= 11 is 0. The minimum absolute atomic E-state index is 0.0259. The number of hydrogen-bond donors (Lipinski definition) is 1. The molecule has 0 radical (unpaired) electrons. The van der Waals surface area contributed by atoms with Crippen LogP contribution < -0.4 is 5.32 Å². The van der Waals surface area contributed by atoms with E-state index in [-0.39, 0.29) is 5.91 Å². The molecule has 1 N–H and O–H groups in total. The van der Waals surface area contributed by atoms with Crippen LogP contribution in [-0.2, 0) is 17.8 Å². The van der Waals surface area contributed by atoms with Gasteiger partial charge in [-0.05, 0) is 38.5 Å². The van der Waals surface area contributed by atoms with Gasteiger partial charge < -0.3 is 9.84 Å². The molecule has 0 unspecified atom stereocenters. The van der Waals surface area contributed by atoms with E-state index in [9.17, 15) is 4.79 Å². The van der Waals surface area contributed by atoms with Crippen molar-refractivity contribution in [1.29, 1.82) is 0 Å². The van der Waals surface area contributed by atoms with E-state index in [1.54, 1.807) is 12.4 Å². The largest absolute Gasteiger partial charge is 0.356 e. The van der Waals surface area contributed by atoms with Crippen molar-refractivity contribution in [3.05, 3.63) is 47.9 Å². The fourth-order valence-electron chi connectivity index (χ4n) is 2.64. The minimum Gasteiger partial charge on any atom is -0.356 e. The van der Waals surface area contributed by atoms with Gasteiger partial charge in [-0.2, -0.15) is 10.1 Å². The lowest BCUT2D eigenvalue weighted by atomic mass is 10.2. The van der Waals surface area contributed by atoms with Crippen molar-refractivity contribution in [2.45, 2.75) is 39.7 Å². The maximum absolute atomic E-state index is 11.9. The molecule has 3 rings (SSSR count). The Morgan fingerprint density at radius 2 is 2.08 bits per heavy atom. The van der Waals surface area contributed by atoms with Crippen molar-refractivity contribution >= 4 is 5.91 Å². The number of carbonyl (C=O) groups is 1. The van der Waals surface area contributed by atoms with Crippen LogP contribution in [0.2, 0.25) is 0 Å². The Morgan fingerprint density at radius 3 is 2.81 bits per heavy atom. The number of nitrogens with one attached hydrogen (secondary N) is 1. The molecule has 8 heteroatoms. The summed E-state index contributed by atoms with van der Waals surface area (Å²) in [5, 5.41) is 11.2. The van der Waals surface area contributed by atoms with E-state index >= 15 is 0 Å². The van der Waals surface area contributed by atoms with Gasteiger partial charge in [-0.15, -0.1) is 0 Å². The molecular formula is C18H22N6O2. The molecule has 3 aromatic rings. The number of aryl methyl sites for hydroxylation is 4. The number of nitrogens with zero attached hydrogens (tertiary/aromatic N) is 5. The van der Waals surface area contributed by atoms with E-state index in [0.717, 1.165) is 29.9 Å². The van der Waals surface area contributed by atoms with Gasteiger partial charge in [0.05, 0.1) is 5.69 Å². The lowest BCUT2D eigenvalue weighted by molar-refractivity contribution is -0.121. The first kappa shape index (κ1) is 17.8. The summed E-state index contributed by atoms with van der Waals surface area (Å²) in [4.78, 5) is 20.2. The molecule has 8 nitrogen and oxygen atoms in total. The zero-order valence-electron chi connectivity index (χ0n) is 15.0. The Labute approximate surface area is 151 Å². The molecule has 0 aliphatic rings. The molecule has 0 saturated heterocycles. The highest BCUT2D eigenvalue weighted by Gasteiger charge is 2.10. The molecule has 0 aromatic carbocycles. The van der Waals surface area contributed by atoms with Crippen LogP contribution in [0.3, 0.4) is 0 Å². The summed E-state index contributed by atoms with van der Waals surface area (Å²) in [7, 11) is 0. The van der Waals surface area contributed by atoms with Gasteiger partial charge in [0, 0.05) is 49.6 Å². The third-order valence-electron chi connectivity index (χ3n) is 3.94. The number of pyridine rings is 1. The summed E-state index contributed by atoms with van der Waals surface area (Å²) in [5.74, 6) is 0.935. The summed E-state index contributed by atoms with van der Waals surface area (Å²) < 4.78 is 7.15. The maximum atomic E-state index is 11.9. The standard InChI is InChI=1S/C18H22N6O2/c1-13-12-14(2)24(22-13)11-3-8-20-16(25)4-5-17-21-18(23-26-17)15-6-9-19-10-7-15/h6-7,9-10,12H,3-5,8,11H2,1-2H3,(H,20,25). The van der Waals surface area contributed by atoms with E-state index < -0.39 is 0 Å². The van der Waals surface area contributed by atoms with Crippen molar-refractivity contribution in [1.82, 2.24) is 30.2 Å². The monoisotopic (exact) mass is 354 g/mol. The van der Waals surface area contributed by atoms with Gasteiger partial charge in [0.25, 0.3) is 0 Å². The first-order chi connectivity index (χ1) is 12.6. The summed E-state index contributed by atoms with van der Waals surface area (Å²) in [6.45, 7) is 5.41. The lowest BCUT2D eigenvalue weighted by Crippen LogP contribution is -2.25. The van der Waals surface area contributed by atoms with E-state index in [1.165, 1.54) is 0 Å². The highest BCUT2D eigenvalue weighted by atomic mass is 16.5. The maximum Gasteiger partial charge on any atom is 0.227 e. The fourth-order valence-corrected chi connectivity index (χ4v) is 2.64. The van der Waals surface area contributed by atoms with Crippen molar-refractivity contribution in [2.24, 2.45) is 0 Å². The van der Waals surface area contributed by atoms with Gasteiger partial charge in [0.15, 0.2) is 0 Å². The topological polar surface area (TPSA) is 98.7 Å². The molecule has 0 fully saturated rings. The van der Waals surface area contributed by atoms with Crippen molar-refractivity contribution < 1.29 is 9.32 Å². The lowest BCUT2D eigenvalue weighted by Gasteiger charge is -2.06. The summed E-state index contributed by atoms with van der Waals surface area (Å²) in [6, 6.07) is 5.66. The molecular weight excluding hydrogens is 332 g/mol. The van der Waals surface area contributed by atoms with Crippen LogP contribution in [0.5, 0.6) is 0 Å². The molecule has 0 bridgehead atoms. The fraction of sp³-hybridized carbons (Fsp3) is 0.389. The number of hydrogen-bond acceptors (Lipinski definition) is 6. The Morgan fingerprint density at radius 1 is 1.27 bits per heavy atom. The van der Waals surface area contributed by atoms with Crippen LogP contribution in [0.4, 0.5) is 0 Å². The normalized spacial score (nSPS) is 10.8. The molecule has 26 heavy (non-hydrogen) atoms. The van der Waals surface area contributed by atoms with Gasteiger partial charge in [-0.3, -0.25) is 14.5 Å². The summed E-state index contributed by atoms with van der Waals surface area (Å²) in [5.41, 5.74) is 2.98. The van der Waals surface area contributed by atoms with Gasteiger partial charge in [0.1, 0.15) is 0 Å². The van der Waals surface area contributed by atoms with Crippen molar-refractivity contribution in [2.75, 3.05) is 6.54 Å². The summed E-state index contributed by atoms with van der Waals surface area (Å²) in [6.07, 6.45) is 4.91. The van der Waals surface area contributed by atoms with Crippen LogP contribution >= 0.6 is 0 Å². The molecule has 0 aliphatic carbocycles. The Balaban J connectivity index is 1.38. The van der Waals surface area contributed by atoms with Crippen LogP contribution in [-0.4, -0.2) is 37.4 Å². The quantitative estimate of drug-likeness (QED) is 0.622. The van der Waals surface area contributed by atoms with E-state index in [0.29, 0.717) is 31.1 Å². The molecule has 0 spiro atoms. The third-order valence-corrected chi connectivity index (χ3v) is 3.94. The van der Waals surface area contributed by atoms with Gasteiger partial charge in [-0.25, -0.2) is 0 Å². The zero-order chi connectivity index (χ0) is 18.4. The third kappa shape index (κ3) is 4.75. The molecule has 136 valence electrons. The van der Waals surface area contributed by atoms with Crippen LogP contribution in [0, 0.1) is 13.8 Å². The molecule has 3 aromatic heterocycles. The van der Waals surface area contributed by atoms with E-state index in [1.807, 2.05) is 36.7 Å². The Kier molecular flexibility index (Phi) is 5.73. The number of carbonyl (C=O) groups excluding carboxylic acids is 1. The van der Waals surface area contributed by atoms with E-state index in [2.05, 4.69) is 25.5 Å². The average molecular weight is 354 g/mol. The van der Waals surface area contributed by atoms with Gasteiger partial charge in [-0.1, -0.05) is 5.16 Å². The van der Waals surface area contributed by atoms with E-state index in [4.69, 9.17) is 4.52 Å². The first-order valence-corrected chi connectivity index (χ1v) is 8.62. The number of rotatable bonds is 8. The number of amides is 1. The zero-order valence-corrected chi connectivity index (χ0v) is 15.0. The SMILES string of the molecule is Cc1cc(C)n(CCCNC(=O)CCc2nc(-c3ccncc3)no2)n1. The second-order valence-electron chi connectivity index (χ2n) is 6.10. The Bertz CT molecular complexity index is 856. The predicted octanol–water partition coefficient (Wildman–Crippen LogP) is 2.08. The van der Waals surface area contributed by atoms with Crippen LogP contribution in [0.1, 0.15) is 30.1 Å². The molecule has 1 amide bonds. The van der Waals surface area contributed by atoms with Crippen LogP contribution in [0.15, 0.2) is 35.1 Å². The smallest absolute Gasteiger partial charge is 0.227 e. The molecule has 0 aliphatic heterocycles. The number of aromatic nitrogens is 5. The molecule has 3 heterocycles. The second-order valence-corrected chi connectivity index (χ2v) is 6.10. The van der Waals surface area contributed by atoms with Gasteiger partial charge >= 0.3 is 0 Å². The highest BCUT2D eigenvalue weighted by molar-refractivity contribution is 5.75. The molecule has 0 atom stereocenters. The Hall–Kier alpha value is -3.03. The van der Waals surface area contributed by atoms with Crippen molar-refractivity contribution in [3.8, 4) is 11.4 Å². The highest BCUT2D eigenvalue weighted by Crippen LogP contribution is 2.14. The average Bonchev–Trinajstić information content (AvgIpc) is 3.24. The van der Waals surface area contributed by atoms with Crippen molar-refractivity contribution in [3.63, 3.8) is 0 Å². The molecule has 0 saturated carbocycles.